The van der Waals surface area contributed by atoms with Gasteiger partial charge >= 0.3 is 0 Å². The highest BCUT2D eigenvalue weighted by Gasteiger charge is 2.11. The van der Waals surface area contributed by atoms with E-state index in [4.69, 9.17) is 11.6 Å². The lowest BCUT2D eigenvalue weighted by atomic mass is 10.1. The van der Waals surface area contributed by atoms with E-state index in [1.807, 2.05) is 25.1 Å². The average Bonchev–Trinajstić information content (AvgIpc) is 2.94. The first kappa shape index (κ1) is 17.3. The first-order chi connectivity index (χ1) is 12.0. The molecule has 0 fully saturated rings. The standard InChI is InChI=1S/C19H14ClFN2OS/c1-12-18(14-3-2-4-15(20)11-14)23-19(25-12)22-17(24)10-7-13-5-8-16(21)9-6-13/h2-11H,1H3,(H,22,23,24)/b10-7+. The van der Waals surface area contributed by atoms with Gasteiger partial charge < -0.3 is 0 Å². The Morgan fingerprint density at radius 3 is 2.72 bits per heavy atom. The Balaban J connectivity index is 1.72. The Morgan fingerprint density at radius 2 is 2.00 bits per heavy atom. The van der Waals surface area contributed by atoms with Crippen LogP contribution in [0.5, 0.6) is 0 Å². The molecule has 0 spiro atoms. The number of hydrogen-bond donors (Lipinski definition) is 1. The van der Waals surface area contributed by atoms with Crippen LogP contribution in [0.25, 0.3) is 17.3 Å². The van der Waals surface area contributed by atoms with Crippen LogP contribution in [0.15, 0.2) is 54.6 Å². The third-order valence-electron chi connectivity index (χ3n) is 3.42. The van der Waals surface area contributed by atoms with Crippen molar-refractivity contribution in [2.75, 3.05) is 5.32 Å². The number of aromatic nitrogens is 1. The largest absolute Gasteiger partial charge is 0.298 e. The fraction of sp³-hybridized carbons (Fsp3) is 0.0526. The number of halogens is 2. The van der Waals surface area contributed by atoms with Crippen LogP contribution in [0.3, 0.4) is 0 Å². The van der Waals surface area contributed by atoms with E-state index in [0.717, 1.165) is 21.7 Å². The molecule has 0 bridgehead atoms. The lowest BCUT2D eigenvalue weighted by Crippen LogP contribution is -2.07. The summed E-state index contributed by atoms with van der Waals surface area (Å²) < 4.78 is 12.9. The Kier molecular flexibility index (Phi) is 5.26. The van der Waals surface area contributed by atoms with Crippen molar-refractivity contribution in [3.63, 3.8) is 0 Å². The first-order valence-corrected chi connectivity index (χ1v) is 8.69. The lowest BCUT2D eigenvalue weighted by molar-refractivity contribution is -0.111. The maximum absolute atomic E-state index is 12.9. The van der Waals surface area contributed by atoms with E-state index in [0.29, 0.717) is 10.2 Å². The smallest absolute Gasteiger partial charge is 0.250 e. The van der Waals surface area contributed by atoms with E-state index in [-0.39, 0.29) is 11.7 Å². The summed E-state index contributed by atoms with van der Waals surface area (Å²) in [5.74, 6) is -0.607. The van der Waals surface area contributed by atoms with Gasteiger partial charge in [0.1, 0.15) is 5.82 Å². The number of anilines is 1. The van der Waals surface area contributed by atoms with Crippen molar-refractivity contribution in [1.29, 1.82) is 0 Å². The Hall–Kier alpha value is -2.50. The molecule has 1 amide bonds. The lowest BCUT2D eigenvalue weighted by Gasteiger charge is -1.99. The van der Waals surface area contributed by atoms with Gasteiger partial charge in [-0.25, -0.2) is 9.37 Å². The number of benzene rings is 2. The molecule has 1 N–H and O–H groups in total. The molecule has 0 aliphatic heterocycles. The summed E-state index contributed by atoms with van der Waals surface area (Å²) >= 11 is 7.42. The molecule has 0 unspecified atom stereocenters. The molecule has 0 aliphatic rings. The molecule has 3 rings (SSSR count). The van der Waals surface area contributed by atoms with Crippen LogP contribution >= 0.6 is 22.9 Å². The third-order valence-corrected chi connectivity index (χ3v) is 4.54. The zero-order chi connectivity index (χ0) is 17.8. The minimum absolute atomic E-state index is 0.296. The summed E-state index contributed by atoms with van der Waals surface area (Å²) in [7, 11) is 0. The molecular formula is C19H14ClFN2OS. The van der Waals surface area contributed by atoms with Crippen molar-refractivity contribution < 1.29 is 9.18 Å². The number of rotatable bonds is 4. The second-order valence-corrected chi connectivity index (χ2v) is 6.95. The molecule has 0 atom stereocenters. The zero-order valence-electron chi connectivity index (χ0n) is 13.3. The van der Waals surface area contributed by atoms with E-state index >= 15 is 0 Å². The summed E-state index contributed by atoms with van der Waals surface area (Å²) in [5, 5.41) is 3.90. The molecule has 0 radical (unpaired) electrons. The predicted molar refractivity (Wildman–Crippen MR) is 101 cm³/mol. The molecule has 1 aromatic heterocycles. The molecule has 126 valence electrons. The SMILES string of the molecule is Cc1sc(NC(=O)/C=C/c2ccc(F)cc2)nc1-c1cccc(Cl)c1. The van der Waals surface area contributed by atoms with E-state index in [1.165, 1.54) is 29.5 Å². The highest BCUT2D eigenvalue weighted by atomic mass is 35.5. The van der Waals surface area contributed by atoms with Gasteiger partial charge in [0.05, 0.1) is 5.69 Å². The monoisotopic (exact) mass is 372 g/mol. The Morgan fingerprint density at radius 1 is 1.24 bits per heavy atom. The highest BCUT2D eigenvalue weighted by Crippen LogP contribution is 2.31. The normalized spacial score (nSPS) is 11.0. The van der Waals surface area contributed by atoms with E-state index in [9.17, 15) is 9.18 Å². The minimum atomic E-state index is -0.312. The topological polar surface area (TPSA) is 42.0 Å². The van der Waals surface area contributed by atoms with Gasteiger partial charge in [0, 0.05) is 21.5 Å². The second-order valence-electron chi connectivity index (χ2n) is 5.31. The summed E-state index contributed by atoms with van der Waals surface area (Å²) in [5.41, 5.74) is 2.44. The summed E-state index contributed by atoms with van der Waals surface area (Å²) in [4.78, 5) is 17.5. The van der Waals surface area contributed by atoms with Crippen molar-refractivity contribution >= 4 is 40.1 Å². The molecule has 3 nitrogen and oxygen atoms in total. The van der Waals surface area contributed by atoms with Crippen LogP contribution in [0.2, 0.25) is 5.02 Å². The minimum Gasteiger partial charge on any atom is -0.298 e. The van der Waals surface area contributed by atoms with Crippen molar-refractivity contribution in [1.82, 2.24) is 4.98 Å². The van der Waals surface area contributed by atoms with Crippen LogP contribution in [0, 0.1) is 12.7 Å². The molecule has 25 heavy (non-hydrogen) atoms. The van der Waals surface area contributed by atoms with Gasteiger partial charge in [0.25, 0.3) is 0 Å². The van der Waals surface area contributed by atoms with Crippen LogP contribution in [-0.4, -0.2) is 10.9 Å². The van der Waals surface area contributed by atoms with Crippen molar-refractivity contribution in [2.24, 2.45) is 0 Å². The fourth-order valence-corrected chi connectivity index (χ4v) is 3.28. The first-order valence-electron chi connectivity index (χ1n) is 7.49. The third kappa shape index (κ3) is 4.53. The maximum atomic E-state index is 12.9. The van der Waals surface area contributed by atoms with Crippen LogP contribution in [0.1, 0.15) is 10.4 Å². The maximum Gasteiger partial charge on any atom is 0.250 e. The number of carbonyl (C=O) groups is 1. The molecule has 0 saturated carbocycles. The number of thiazole rings is 1. The zero-order valence-corrected chi connectivity index (χ0v) is 14.9. The number of nitrogens with one attached hydrogen (secondary N) is 1. The summed E-state index contributed by atoms with van der Waals surface area (Å²) in [6.07, 6.45) is 3.01. The van der Waals surface area contributed by atoms with Crippen molar-refractivity contribution in [3.05, 3.63) is 75.9 Å². The second kappa shape index (κ2) is 7.59. The Bertz CT molecular complexity index is 935. The van der Waals surface area contributed by atoms with Gasteiger partial charge in [-0.15, -0.1) is 11.3 Å². The number of hydrogen-bond acceptors (Lipinski definition) is 3. The van der Waals surface area contributed by atoms with E-state index in [1.54, 1.807) is 24.3 Å². The molecule has 1 heterocycles. The van der Waals surface area contributed by atoms with E-state index < -0.39 is 0 Å². The fourth-order valence-electron chi connectivity index (χ4n) is 2.25. The quantitative estimate of drug-likeness (QED) is 0.609. The van der Waals surface area contributed by atoms with Crippen molar-refractivity contribution in [3.8, 4) is 11.3 Å². The number of carbonyl (C=O) groups excluding carboxylic acids is 1. The van der Waals surface area contributed by atoms with Gasteiger partial charge in [-0.3, -0.25) is 10.1 Å². The van der Waals surface area contributed by atoms with Gasteiger partial charge in [-0.2, -0.15) is 0 Å². The van der Waals surface area contributed by atoms with Gasteiger partial charge in [-0.05, 0) is 42.8 Å². The van der Waals surface area contributed by atoms with Gasteiger partial charge in [0.2, 0.25) is 5.91 Å². The number of nitrogens with zero attached hydrogens (tertiary/aromatic N) is 1. The number of aryl methyl sites for hydroxylation is 1. The molecule has 3 aromatic rings. The van der Waals surface area contributed by atoms with Crippen molar-refractivity contribution in [2.45, 2.75) is 6.92 Å². The molecule has 0 aliphatic carbocycles. The van der Waals surface area contributed by atoms with Crippen LogP contribution in [-0.2, 0) is 4.79 Å². The molecular weight excluding hydrogens is 359 g/mol. The van der Waals surface area contributed by atoms with Crippen LogP contribution < -0.4 is 5.32 Å². The Labute approximate surface area is 153 Å². The number of amides is 1. The summed E-state index contributed by atoms with van der Waals surface area (Å²) in [6, 6.07) is 13.3. The van der Waals surface area contributed by atoms with Crippen LogP contribution in [0.4, 0.5) is 9.52 Å². The van der Waals surface area contributed by atoms with E-state index in [2.05, 4.69) is 10.3 Å². The molecule has 0 saturated heterocycles. The van der Waals surface area contributed by atoms with Gasteiger partial charge in [-0.1, -0.05) is 35.9 Å². The predicted octanol–water partition coefficient (Wildman–Crippen LogP) is 5.56. The summed E-state index contributed by atoms with van der Waals surface area (Å²) in [6.45, 7) is 1.94. The van der Waals surface area contributed by atoms with Gasteiger partial charge in [0.15, 0.2) is 5.13 Å². The molecule has 6 heteroatoms. The molecule has 2 aromatic carbocycles. The average molecular weight is 373 g/mol. The highest BCUT2D eigenvalue weighted by molar-refractivity contribution is 7.16.